The Balaban J connectivity index is 2.83. The molecule has 0 aromatic carbocycles. The van der Waals surface area contributed by atoms with Crippen LogP contribution in [-0.2, 0) is 4.84 Å². The van der Waals surface area contributed by atoms with Gasteiger partial charge in [0.15, 0.2) is 0 Å². The van der Waals surface area contributed by atoms with E-state index in [9.17, 15) is 0 Å². The first-order chi connectivity index (χ1) is 4.91. The van der Waals surface area contributed by atoms with Crippen LogP contribution in [0.15, 0.2) is 5.16 Å². The molecule has 0 saturated carbocycles. The van der Waals surface area contributed by atoms with Gasteiger partial charge in [-0.25, -0.2) is 0 Å². The average molecular weight is 146 g/mol. The number of aliphatic hydroxyl groups excluding tert-OH is 1. The third-order valence-electron chi connectivity index (χ3n) is 0.927. The largest absolute Gasteiger partial charge is 0.399 e. The molecule has 0 spiro atoms. The van der Waals surface area contributed by atoms with E-state index in [2.05, 4.69) is 15.3 Å². The maximum Gasteiger partial charge on any atom is 0.106 e. The lowest BCUT2D eigenvalue weighted by Gasteiger charge is -1.96. The Morgan fingerprint density at radius 3 is 3.10 bits per heavy atom. The topological polar surface area (TPSA) is 53.8 Å². The van der Waals surface area contributed by atoms with Gasteiger partial charge in [0.2, 0.25) is 0 Å². The summed E-state index contributed by atoms with van der Waals surface area (Å²) in [6.07, 6.45) is 2.41. The minimum Gasteiger partial charge on any atom is -0.399 e. The molecule has 0 aliphatic heterocycles. The molecule has 0 bridgehead atoms. The first kappa shape index (κ1) is 9.39. The van der Waals surface area contributed by atoms with Crippen LogP contribution in [0.5, 0.6) is 0 Å². The fourth-order valence-electron chi connectivity index (χ4n) is 0.482. The van der Waals surface area contributed by atoms with E-state index in [-0.39, 0.29) is 6.61 Å². The van der Waals surface area contributed by atoms with Crippen LogP contribution in [-0.4, -0.2) is 38.1 Å². The van der Waals surface area contributed by atoms with E-state index in [1.807, 2.05) is 0 Å². The maximum absolute atomic E-state index is 8.37. The predicted molar refractivity (Wildman–Crippen MR) is 40.1 cm³/mol. The highest BCUT2D eigenvalue weighted by Gasteiger charge is 1.81. The Hall–Kier alpha value is -0.610. The molecule has 0 aliphatic rings. The smallest absolute Gasteiger partial charge is 0.106 e. The van der Waals surface area contributed by atoms with Crippen molar-refractivity contribution >= 4 is 6.21 Å². The van der Waals surface area contributed by atoms with Crippen LogP contribution in [0, 0.1) is 0 Å². The molecule has 0 amide bonds. The molecule has 10 heavy (non-hydrogen) atoms. The molecule has 0 saturated heterocycles. The summed E-state index contributed by atoms with van der Waals surface area (Å²) in [4.78, 5) is 4.43. The summed E-state index contributed by atoms with van der Waals surface area (Å²) in [5.41, 5.74) is 0. The number of nitrogens with one attached hydrogen (secondary N) is 1. The zero-order valence-electron chi connectivity index (χ0n) is 6.21. The van der Waals surface area contributed by atoms with E-state index in [1.165, 1.54) is 7.11 Å². The quantitative estimate of drug-likeness (QED) is 0.304. The SMILES string of the molecule is CO/N=C/CNCCCO. The van der Waals surface area contributed by atoms with Gasteiger partial charge in [-0.3, -0.25) is 0 Å². The van der Waals surface area contributed by atoms with Gasteiger partial charge in [-0.15, -0.1) is 0 Å². The molecule has 0 aromatic rings. The van der Waals surface area contributed by atoms with E-state index in [1.54, 1.807) is 6.21 Å². The molecule has 0 radical (unpaired) electrons. The van der Waals surface area contributed by atoms with Crippen LogP contribution >= 0.6 is 0 Å². The monoisotopic (exact) mass is 146 g/mol. The van der Waals surface area contributed by atoms with Gasteiger partial charge in [-0.05, 0) is 13.0 Å². The van der Waals surface area contributed by atoms with E-state index in [0.29, 0.717) is 6.54 Å². The standard InChI is InChI=1S/C6H14N2O2/c1-10-8-5-4-7-3-2-6-9/h5,7,9H,2-4,6H2,1H3/b8-5+. The van der Waals surface area contributed by atoms with Gasteiger partial charge in [0.25, 0.3) is 0 Å². The van der Waals surface area contributed by atoms with Crippen LogP contribution in [0.3, 0.4) is 0 Å². The first-order valence-electron chi connectivity index (χ1n) is 3.28. The van der Waals surface area contributed by atoms with Gasteiger partial charge >= 0.3 is 0 Å². The Morgan fingerprint density at radius 1 is 1.70 bits per heavy atom. The van der Waals surface area contributed by atoms with Crippen molar-refractivity contribution in [2.24, 2.45) is 5.16 Å². The lowest BCUT2D eigenvalue weighted by Crippen LogP contribution is -2.18. The number of oxime groups is 1. The van der Waals surface area contributed by atoms with Crippen molar-refractivity contribution in [2.75, 3.05) is 26.8 Å². The van der Waals surface area contributed by atoms with Crippen molar-refractivity contribution in [3.8, 4) is 0 Å². The van der Waals surface area contributed by atoms with Crippen molar-refractivity contribution in [3.05, 3.63) is 0 Å². The minimum absolute atomic E-state index is 0.231. The molecule has 4 heteroatoms. The van der Waals surface area contributed by atoms with Gasteiger partial charge < -0.3 is 15.3 Å². The second-order valence-electron chi connectivity index (χ2n) is 1.75. The van der Waals surface area contributed by atoms with Gasteiger partial charge in [-0.1, -0.05) is 5.16 Å². The van der Waals surface area contributed by atoms with Crippen molar-refractivity contribution in [3.63, 3.8) is 0 Å². The molecule has 0 aliphatic carbocycles. The third-order valence-corrected chi connectivity index (χ3v) is 0.927. The Bertz CT molecular complexity index is 85.8. The van der Waals surface area contributed by atoms with E-state index in [4.69, 9.17) is 5.11 Å². The Labute approximate surface area is 60.9 Å². The Kier molecular flexibility index (Phi) is 7.88. The third kappa shape index (κ3) is 7.39. The number of hydrogen-bond donors (Lipinski definition) is 2. The minimum atomic E-state index is 0.231. The fraction of sp³-hybridized carbons (Fsp3) is 0.833. The summed E-state index contributed by atoms with van der Waals surface area (Å²) in [5, 5.41) is 14.9. The number of hydrogen-bond acceptors (Lipinski definition) is 4. The molecule has 0 aromatic heterocycles. The summed E-state index contributed by atoms with van der Waals surface area (Å²) in [6.45, 7) is 1.73. The zero-order chi connectivity index (χ0) is 7.66. The van der Waals surface area contributed by atoms with Gasteiger partial charge in [-0.2, -0.15) is 0 Å². The highest BCUT2D eigenvalue weighted by molar-refractivity contribution is 5.58. The highest BCUT2D eigenvalue weighted by atomic mass is 16.6. The molecule has 2 N–H and O–H groups in total. The molecular formula is C6H14N2O2. The molecule has 60 valence electrons. The van der Waals surface area contributed by atoms with Crippen LogP contribution in [0.1, 0.15) is 6.42 Å². The molecule has 0 fully saturated rings. The Morgan fingerprint density at radius 2 is 2.50 bits per heavy atom. The predicted octanol–water partition coefficient (Wildman–Crippen LogP) is -0.409. The van der Waals surface area contributed by atoms with Crippen molar-refractivity contribution in [1.29, 1.82) is 0 Å². The molecule has 0 unspecified atom stereocenters. The first-order valence-corrected chi connectivity index (χ1v) is 3.28. The molecule has 0 rings (SSSR count). The van der Waals surface area contributed by atoms with Crippen LogP contribution in [0.25, 0.3) is 0 Å². The van der Waals surface area contributed by atoms with Crippen LogP contribution in [0.2, 0.25) is 0 Å². The average Bonchev–Trinajstić information content (AvgIpc) is 1.97. The van der Waals surface area contributed by atoms with E-state index < -0.39 is 0 Å². The number of aliphatic hydroxyl groups is 1. The summed E-state index contributed by atoms with van der Waals surface area (Å²) in [5.74, 6) is 0. The number of nitrogens with zero attached hydrogens (tertiary/aromatic N) is 1. The molecule has 0 atom stereocenters. The summed E-state index contributed by atoms with van der Waals surface area (Å²) in [6, 6.07) is 0. The lowest BCUT2D eigenvalue weighted by molar-refractivity contribution is 0.214. The summed E-state index contributed by atoms with van der Waals surface area (Å²) >= 11 is 0. The normalized spacial score (nSPS) is 10.6. The number of rotatable bonds is 6. The molecular weight excluding hydrogens is 132 g/mol. The molecule has 0 heterocycles. The van der Waals surface area contributed by atoms with E-state index >= 15 is 0 Å². The van der Waals surface area contributed by atoms with Crippen molar-refractivity contribution in [2.45, 2.75) is 6.42 Å². The second kappa shape index (κ2) is 8.39. The van der Waals surface area contributed by atoms with Crippen LogP contribution in [0.4, 0.5) is 0 Å². The second-order valence-corrected chi connectivity index (χ2v) is 1.75. The van der Waals surface area contributed by atoms with Crippen molar-refractivity contribution in [1.82, 2.24) is 5.32 Å². The highest BCUT2D eigenvalue weighted by Crippen LogP contribution is 1.69. The maximum atomic E-state index is 8.37. The lowest BCUT2D eigenvalue weighted by atomic mass is 10.4. The van der Waals surface area contributed by atoms with Crippen molar-refractivity contribution < 1.29 is 9.94 Å². The zero-order valence-corrected chi connectivity index (χ0v) is 6.21. The summed E-state index contributed by atoms with van der Waals surface area (Å²) in [7, 11) is 1.50. The van der Waals surface area contributed by atoms with E-state index in [0.717, 1.165) is 13.0 Å². The van der Waals surface area contributed by atoms with Gasteiger partial charge in [0.1, 0.15) is 7.11 Å². The van der Waals surface area contributed by atoms with Crippen LogP contribution < -0.4 is 5.32 Å². The fourth-order valence-corrected chi connectivity index (χ4v) is 0.482. The molecule has 4 nitrogen and oxygen atoms in total. The summed E-state index contributed by atoms with van der Waals surface area (Å²) < 4.78 is 0. The van der Waals surface area contributed by atoms with Gasteiger partial charge in [0.05, 0.1) is 6.21 Å². The van der Waals surface area contributed by atoms with Gasteiger partial charge in [0, 0.05) is 13.2 Å².